The van der Waals surface area contributed by atoms with E-state index in [0.29, 0.717) is 12.3 Å². The first kappa shape index (κ1) is 16.7. The van der Waals surface area contributed by atoms with E-state index < -0.39 is 17.8 Å². The van der Waals surface area contributed by atoms with Crippen LogP contribution >= 0.6 is 0 Å². The highest BCUT2D eigenvalue weighted by molar-refractivity contribution is 5.94. The molecule has 8 heteroatoms. The quantitative estimate of drug-likeness (QED) is 0.744. The fraction of sp³-hybridized carbons (Fsp3) is 0.176. The van der Waals surface area contributed by atoms with Crippen LogP contribution in [0.2, 0.25) is 0 Å². The van der Waals surface area contributed by atoms with Crippen LogP contribution in [0, 0.1) is 5.82 Å². The van der Waals surface area contributed by atoms with Crippen LogP contribution in [0.4, 0.5) is 10.1 Å². The summed E-state index contributed by atoms with van der Waals surface area (Å²) in [6, 6.07) is 13.7. The highest BCUT2D eigenvalue weighted by Crippen LogP contribution is 2.19. The van der Waals surface area contributed by atoms with Crippen molar-refractivity contribution in [2.45, 2.75) is 19.6 Å². The number of nitrogens with one attached hydrogen (secondary N) is 1. The van der Waals surface area contributed by atoms with E-state index in [-0.39, 0.29) is 5.69 Å². The van der Waals surface area contributed by atoms with Gasteiger partial charge < -0.3 is 10.1 Å². The number of halogens is 1. The zero-order valence-electron chi connectivity index (χ0n) is 13.5. The van der Waals surface area contributed by atoms with Gasteiger partial charge in [-0.3, -0.25) is 4.79 Å². The van der Waals surface area contributed by atoms with Crippen molar-refractivity contribution in [3.05, 3.63) is 66.2 Å². The van der Waals surface area contributed by atoms with Gasteiger partial charge in [0.1, 0.15) is 18.2 Å². The van der Waals surface area contributed by atoms with Gasteiger partial charge >= 0.3 is 0 Å². The average molecular weight is 341 g/mol. The Morgan fingerprint density at radius 1 is 1.28 bits per heavy atom. The summed E-state index contributed by atoms with van der Waals surface area (Å²) in [4.78, 5) is 12.2. The van der Waals surface area contributed by atoms with Crippen LogP contribution in [-0.2, 0) is 16.1 Å². The molecule has 0 radical (unpaired) electrons. The lowest BCUT2D eigenvalue weighted by atomic mass is 10.2. The molecular formula is C17H16FN5O2. The highest BCUT2D eigenvalue weighted by Gasteiger charge is 2.16. The summed E-state index contributed by atoms with van der Waals surface area (Å²) < 4.78 is 20.9. The maximum Gasteiger partial charge on any atom is 0.253 e. The maximum atomic E-state index is 14.0. The smallest absolute Gasteiger partial charge is 0.253 e. The van der Waals surface area contributed by atoms with Gasteiger partial charge in [-0.1, -0.05) is 30.3 Å². The van der Waals surface area contributed by atoms with E-state index >= 15 is 0 Å². The summed E-state index contributed by atoms with van der Waals surface area (Å²) in [5, 5.41) is 13.3. The number of carbonyl (C=O) groups is 1. The van der Waals surface area contributed by atoms with Crippen LogP contribution in [0.25, 0.3) is 5.69 Å². The number of tetrazole rings is 1. The molecule has 1 N–H and O–H groups in total. The number of amides is 1. The van der Waals surface area contributed by atoms with Crippen LogP contribution in [0.5, 0.6) is 0 Å². The molecule has 0 spiro atoms. The molecule has 3 aromatic rings. The molecule has 1 amide bonds. The Morgan fingerprint density at radius 3 is 2.80 bits per heavy atom. The third-order valence-corrected chi connectivity index (χ3v) is 3.53. The average Bonchev–Trinajstić information content (AvgIpc) is 3.17. The minimum absolute atomic E-state index is 0.0353. The van der Waals surface area contributed by atoms with Crippen molar-refractivity contribution in [1.29, 1.82) is 0 Å². The van der Waals surface area contributed by atoms with Crippen molar-refractivity contribution in [1.82, 2.24) is 20.2 Å². The Labute approximate surface area is 143 Å². The third-order valence-electron chi connectivity index (χ3n) is 3.53. The summed E-state index contributed by atoms with van der Waals surface area (Å²) in [5.41, 5.74) is 1.52. The molecule has 2 aromatic carbocycles. The van der Waals surface area contributed by atoms with E-state index in [1.807, 2.05) is 30.3 Å². The Kier molecular flexibility index (Phi) is 5.10. The van der Waals surface area contributed by atoms with Crippen molar-refractivity contribution in [2.75, 3.05) is 5.32 Å². The van der Waals surface area contributed by atoms with Crippen molar-refractivity contribution in [3.8, 4) is 5.69 Å². The fourth-order valence-corrected chi connectivity index (χ4v) is 2.14. The van der Waals surface area contributed by atoms with Gasteiger partial charge in [-0.25, -0.2) is 9.07 Å². The Morgan fingerprint density at radius 2 is 2.08 bits per heavy atom. The zero-order valence-corrected chi connectivity index (χ0v) is 13.5. The van der Waals surface area contributed by atoms with Crippen molar-refractivity contribution in [2.24, 2.45) is 0 Å². The summed E-state index contributed by atoms with van der Waals surface area (Å²) in [7, 11) is 0. The van der Waals surface area contributed by atoms with Crippen LogP contribution in [0.1, 0.15) is 12.5 Å². The van der Waals surface area contributed by atoms with Gasteiger partial charge in [0.25, 0.3) is 5.91 Å². The van der Waals surface area contributed by atoms with Gasteiger partial charge in [-0.15, -0.1) is 5.10 Å². The van der Waals surface area contributed by atoms with Gasteiger partial charge in [0, 0.05) is 0 Å². The molecule has 3 rings (SSSR count). The lowest BCUT2D eigenvalue weighted by molar-refractivity contribution is -0.127. The molecule has 0 aliphatic heterocycles. The Hall–Kier alpha value is -3.13. The van der Waals surface area contributed by atoms with Crippen molar-refractivity contribution >= 4 is 11.6 Å². The molecule has 0 saturated heterocycles. The third kappa shape index (κ3) is 4.24. The van der Waals surface area contributed by atoms with E-state index in [2.05, 4.69) is 20.8 Å². The first-order valence-electron chi connectivity index (χ1n) is 7.63. The molecule has 0 aliphatic carbocycles. The molecule has 0 fully saturated rings. The van der Waals surface area contributed by atoms with Gasteiger partial charge in [-0.2, -0.15) is 0 Å². The minimum atomic E-state index is -0.740. The number of nitrogens with zero attached hydrogens (tertiary/aromatic N) is 4. The molecule has 1 atom stereocenters. The molecule has 25 heavy (non-hydrogen) atoms. The number of hydrogen-bond donors (Lipinski definition) is 1. The van der Waals surface area contributed by atoms with Gasteiger partial charge in [0.2, 0.25) is 0 Å². The topological polar surface area (TPSA) is 81.9 Å². The first-order chi connectivity index (χ1) is 12.1. The lowest BCUT2D eigenvalue weighted by Gasteiger charge is -2.14. The SMILES string of the molecule is C[C@H](OCc1ccccc1)C(=O)Nc1cc(-n2cnnn2)ccc1F. The number of hydrogen-bond acceptors (Lipinski definition) is 5. The highest BCUT2D eigenvalue weighted by atomic mass is 19.1. The lowest BCUT2D eigenvalue weighted by Crippen LogP contribution is -2.28. The number of ether oxygens (including phenoxy) is 1. The van der Waals surface area contributed by atoms with Crippen molar-refractivity contribution < 1.29 is 13.9 Å². The van der Waals surface area contributed by atoms with E-state index in [4.69, 9.17) is 4.74 Å². The van der Waals surface area contributed by atoms with E-state index in [0.717, 1.165) is 5.56 Å². The first-order valence-corrected chi connectivity index (χ1v) is 7.63. The van der Waals surface area contributed by atoms with Gasteiger partial charge in [0.05, 0.1) is 18.0 Å². The number of aromatic nitrogens is 4. The predicted octanol–water partition coefficient (Wildman–Crippen LogP) is 2.35. The fourth-order valence-electron chi connectivity index (χ4n) is 2.14. The molecule has 0 aliphatic rings. The number of anilines is 1. The monoisotopic (exact) mass is 341 g/mol. The maximum absolute atomic E-state index is 14.0. The molecule has 7 nitrogen and oxygen atoms in total. The molecule has 128 valence electrons. The molecular weight excluding hydrogens is 325 g/mol. The summed E-state index contributed by atoms with van der Waals surface area (Å²) in [6.45, 7) is 1.91. The Balaban J connectivity index is 1.64. The van der Waals surface area contributed by atoms with E-state index in [1.54, 1.807) is 6.92 Å². The zero-order chi connectivity index (χ0) is 17.6. The second kappa shape index (κ2) is 7.63. The van der Waals surface area contributed by atoms with Crippen LogP contribution in [0.3, 0.4) is 0 Å². The van der Waals surface area contributed by atoms with Crippen LogP contribution in [-0.4, -0.2) is 32.2 Å². The normalized spacial score (nSPS) is 11.9. The predicted molar refractivity (Wildman–Crippen MR) is 88.4 cm³/mol. The second-order valence-corrected chi connectivity index (χ2v) is 5.35. The van der Waals surface area contributed by atoms with E-state index in [9.17, 15) is 9.18 Å². The molecule has 1 heterocycles. The standard InChI is InChI=1S/C17H16FN5O2/c1-12(25-10-13-5-3-2-4-6-13)17(24)20-16-9-14(7-8-15(16)18)23-11-19-21-22-23/h2-9,11-12H,10H2,1H3,(H,20,24)/t12-/m0/s1. The number of benzene rings is 2. The molecule has 0 unspecified atom stereocenters. The van der Waals surface area contributed by atoms with E-state index in [1.165, 1.54) is 29.2 Å². The number of carbonyl (C=O) groups excluding carboxylic acids is 1. The summed E-state index contributed by atoms with van der Waals surface area (Å²) >= 11 is 0. The van der Waals surface area contributed by atoms with Gasteiger partial charge in [0.15, 0.2) is 0 Å². The summed E-state index contributed by atoms with van der Waals surface area (Å²) in [6.07, 6.45) is 0.640. The Bertz CT molecular complexity index is 840. The molecule has 0 saturated carbocycles. The largest absolute Gasteiger partial charge is 0.364 e. The van der Waals surface area contributed by atoms with Crippen molar-refractivity contribution in [3.63, 3.8) is 0 Å². The molecule has 0 bridgehead atoms. The van der Waals surface area contributed by atoms with Crippen LogP contribution in [0.15, 0.2) is 54.9 Å². The molecule has 1 aromatic heterocycles. The summed E-state index contributed by atoms with van der Waals surface area (Å²) in [5.74, 6) is -0.996. The van der Waals surface area contributed by atoms with Crippen LogP contribution < -0.4 is 5.32 Å². The van der Waals surface area contributed by atoms with Gasteiger partial charge in [-0.05, 0) is 41.1 Å². The minimum Gasteiger partial charge on any atom is -0.364 e. The second-order valence-electron chi connectivity index (χ2n) is 5.35. The number of rotatable bonds is 6.